The molecular weight excluding hydrogens is 433 g/mol. The third-order valence-corrected chi connectivity index (χ3v) is 7.10. The number of amides is 2. The largest absolute Gasteiger partial charge is 0.350 e. The zero-order valence-corrected chi connectivity index (χ0v) is 19.6. The molecule has 1 atom stereocenters. The maximum atomic E-state index is 13.0. The van der Waals surface area contributed by atoms with E-state index in [0.29, 0.717) is 13.1 Å². The second kappa shape index (κ2) is 11.2. The summed E-state index contributed by atoms with van der Waals surface area (Å²) in [5, 5.41) is 5.44. The van der Waals surface area contributed by atoms with E-state index >= 15 is 0 Å². The molecule has 0 aliphatic rings. The number of halogens is 1. The highest BCUT2D eigenvalue weighted by molar-refractivity contribution is 7.89. The molecule has 0 aromatic heterocycles. The minimum Gasteiger partial charge on any atom is -0.350 e. The molecule has 7 nitrogen and oxygen atoms in total. The van der Waals surface area contributed by atoms with Gasteiger partial charge in [0.15, 0.2) is 0 Å². The van der Waals surface area contributed by atoms with Crippen molar-refractivity contribution in [2.45, 2.75) is 45.2 Å². The van der Waals surface area contributed by atoms with Crippen molar-refractivity contribution in [3.05, 3.63) is 65.5 Å². The van der Waals surface area contributed by atoms with Crippen LogP contribution in [-0.2, 0) is 21.4 Å². The van der Waals surface area contributed by atoms with Crippen molar-refractivity contribution in [1.82, 2.24) is 14.9 Å². The molecule has 0 saturated heterocycles. The summed E-state index contributed by atoms with van der Waals surface area (Å²) in [6.45, 7) is 7.91. The minimum atomic E-state index is -3.71. The molecule has 2 rings (SSSR count). The van der Waals surface area contributed by atoms with E-state index in [1.54, 1.807) is 39.8 Å². The smallest absolute Gasteiger partial charge is 0.251 e. The predicted molar refractivity (Wildman–Crippen MR) is 121 cm³/mol. The van der Waals surface area contributed by atoms with E-state index < -0.39 is 22.0 Å². The van der Waals surface area contributed by atoms with E-state index in [1.165, 1.54) is 40.7 Å². The Balaban J connectivity index is 2.14. The minimum absolute atomic E-state index is 0.0238. The second-order valence-electron chi connectivity index (χ2n) is 7.66. The number of nitrogens with zero attached hydrogens (tertiary/aromatic N) is 1. The van der Waals surface area contributed by atoms with Gasteiger partial charge in [0.1, 0.15) is 11.9 Å². The van der Waals surface area contributed by atoms with E-state index in [-0.39, 0.29) is 34.6 Å². The first-order valence-electron chi connectivity index (χ1n) is 10.5. The number of carbonyl (C=O) groups is 2. The normalized spacial score (nSPS) is 12.6. The van der Waals surface area contributed by atoms with Gasteiger partial charge < -0.3 is 10.6 Å². The molecule has 2 N–H and O–H groups in total. The van der Waals surface area contributed by atoms with Gasteiger partial charge in [-0.15, -0.1) is 0 Å². The maximum absolute atomic E-state index is 13.0. The topological polar surface area (TPSA) is 95.6 Å². The van der Waals surface area contributed by atoms with Crippen LogP contribution in [0.3, 0.4) is 0 Å². The molecule has 174 valence electrons. The zero-order chi connectivity index (χ0) is 23.9. The van der Waals surface area contributed by atoms with Crippen molar-refractivity contribution < 1.29 is 22.4 Å². The Morgan fingerprint density at radius 1 is 1.03 bits per heavy atom. The van der Waals surface area contributed by atoms with Crippen LogP contribution in [-0.4, -0.2) is 43.7 Å². The fraction of sp³-hybridized carbons (Fsp3) is 0.391. The first kappa shape index (κ1) is 25.5. The summed E-state index contributed by atoms with van der Waals surface area (Å²) in [4.78, 5) is 25.5. The number of hydrogen-bond donors (Lipinski definition) is 2. The van der Waals surface area contributed by atoms with E-state index in [9.17, 15) is 22.4 Å². The Kier molecular flexibility index (Phi) is 8.91. The standard InChI is InChI=1S/C23H30FN3O4S/c1-5-27(6-2)32(30,31)20-9-7-8-18(14-20)22(28)26-21(16(3)4)23(29)25-15-17-10-12-19(24)13-11-17/h7-14,16,21H,5-6,15H2,1-4H3,(H,25,29)(H,26,28)/t21-/m0/s1. The molecule has 0 fully saturated rings. The van der Waals surface area contributed by atoms with Crippen LogP contribution < -0.4 is 10.6 Å². The van der Waals surface area contributed by atoms with Gasteiger partial charge in [-0.2, -0.15) is 4.31 Å². The molecule has 32 heavy (non-hydrogen) atoms. The van der Waals surface area contributed by atoms with E-state index in [4.69, 9.17) is 0 Å². The molecule has 9 heteroatoms. The van der Waals surface area contributed by atoms with Crippen LogP contribution in [0.2, 0.25) is 0 Å². The highest BCUT2D eigenvalue weighted by Gasteiger charge is 2.26. The molecule has 2 aromatic carbocycles. The van der Waals surface area contributed by atoms with Gasteiger partial charge in [0, 0.05) is 25.2 Å². The molecule has 2 aromatic rings. The summed E-state index contributed by atoms with van der Waals surface area (Å²) in [7, 11) is -3.71. The molecule has 0 bridgehead atoms. The summed E-state index contributed by atoms with van der Waals surface area (Å²) in [6, 6.07) is 10.7. The molecule has 0 aliphatic heterocycles. The molecular formula is C23H30FN3O4S. The Hall–Kier alpha value is -2.78. The Morgan fingerprint density at radius 2 is 1.66 bits per heavy atom. The summed E-state index contributed by atoms with van der Waals surface area (Å²) in [5.41, 5.74) is 0.873. The van der Waals surface area contributed by atoms with Crippen molar-refractivity contribution in [2.24, 2.45) is 5.92 Å². The van der Waals surface area contributed by atoms with Crippen LogP contribution in [0.4, 0.5) is 4.39 Å². The predicted octanol–water partition coefficient (Wildman–Crippen LogP) is 2.93. The van der Waals surface area contributed by atoms with Crippen molar-refractivity contribution in [2.75, 3.05) is 13.1 Å². The van der Waals surface area contributed by atoms with Crippen LogP contribution in [0.5, 0.6) is 0 Å². The lowest BCUT2D eigenvalue weighted by molar-refractivity contribution is -0.124. The van der Waals surface area contributed by atoms with Crippen LogP contribution in [0.1, 0.15) is 43.6 Å². The summed E-state index contributed by atoms with van der Waals surface area (Å²) in [5.74, 6) is -1.51. The monoisotopic (exact) mass is 463 g/mol. The highest BCUT2D eigenvalue weighted by Crippen LogP contribution is 2.17. The Labute approximate surface area is 189 Å². The van der Waals surface area contributed by atoms with Gasteiger partial charge in [0.05, 0.1) is 4.90 Å². The van der Waals surface area contributed by atoms with Gasteiger partial charge in [-0.05, 0) is 41.8 Å². The summed E-state index contributed by atoms with van der Waals surface area (Å²) < 4.78 is 39.9. The lowest BCUT2D eigenvalue weighted by atomic mass is 10.0. The van der Waals surface area contributed by atoms with Gasteiger partial charge in [0.2, 0.25) is 15.9 Å². The average Bonchev–Trinajstić information content (AvgIpc) is 2.77. The Bertz CT molecular complexity index is 1040. The zero-order valence-electron chi connectivity index (χ0n) is 18.8. The molecule has 0 spiro atoms. The number of hydrogen-bond acceptors (Lipinski definition) is 4. The van der Waals surface area contributed by atoms with Gasteiger partial charge in [0.25, 0.3) is 5.91 Å². The first-order valence-corrected chi connectivity index (χ1v) is 12.0. The van der Waals surface area contributed by atoms with Crippen LogP contribution in [0.25, 0.3) is 0 Å². The molecule has 0 heterocycles. The molecule has 2 amide bonds. The van der Waals surface area contributed by atoms with Gasteiger partial charge in [-0.1, -0.05) is 45.9 Å². The number of sulfonamides is 1. The number of benzene rings is 2. The van der Waals surface area contributed by atoms with Crippen molar-refractivity contribution in [1.29, 1.82) is 0 Å². The number of carbonyl (C=O) groups excluding carboxylic acids is 2. The van der Waals surface area contributed by atoms with E-state index in [1.807, 2.05) is 0 Å². The fourth-order valence-electron chi connectivity index (χ4n) is 3.17. The molecule has 0 saturated carbocycles. The molecule has 0 radical (unpaired) electrons. The first-order chi connectivity index (χ1) is 15.1. The fourth-order valence-corrected chi connectivity index (χ4v) is 4.68. The Morgan fingerprint density at radius 3 is 2.22 bits per heavy atom. The van der Waals surface area contributed by atoms with Crippen LogP contribution in [0, 0.1) is 11.7 Å². The number of rotatable bonds is 10. The lowest BCUT2D eigenvalue weighted by Gasteiger charge is -2.22. The van der Waals surface area contributed by atoms with Crippen LogP contribution in [0.15, 0.2) is 53.4 Å². The van der Waals surface area contributed by atoms with Crippen molar-refractivity contribution in [3.8, 4) is 0 Å². The summed E-state index contributed by atoms with van der Waals surface area (Å²) >= 11 is 0. The van der Waals surface area contributed by atoms with Gasteiger partial charge in [-0.3, -0.25) is 9.59 Å². The number of nitrogens with one attached hydrogen (secondary N) is 2. The van der Waals surface area contributed by atoms with Crippen molar-refractivity contribution >= 4 is 21.8 Å². The van der Waals surface area contributed by atoms with E-state index in [0.717, 1.165) is 5.56 Å². The van der Waals surface area contributed by atoms with Crippen molar-refractivity contribution in [3.63, 3.8) is 0 Å². The molecule has 0 aliphatic carbocycles. The highest BCUT2D eigenvalue weighted by atomic mass is 32.2. The van der Waals surface area contributed by atoms with Gasteiger partial charge in [-0.25, -0.2) is 12.8 Å². The summed E-state index contributed by atoms with van der Waals surface area (Å²) in [6.07, 6.45) is 0. The van der Waals surface area contributed by atoms with Gasteiger partial charge >= 0.3 is 0 Å². The molecule has 0 unspecified atom stereocenters. The van der Waals surface area contributed by atoms with Crippen LogP contribution >= 0.6 is 0 Å². The third-order valence-electron chi connectivity index (χ3n) is 5.06. The quantitative estimate of drug-likeness (QED) is 0.566. The van der Waals surface area contributed by atoms with E-state index in [2.05, 4.69) is 10.6 Å². The third kappa shape index (κ3) is 6.37. The lowest BCUT2D eigenvalue weighted by Crippen LogP contribution is -2.49. The maximum Gasteiger partial charge on any atom is 0.251 e. The second-order valence-corrected chi connectivity index (χ2v) is 9.59. The average molecular weight is 464 g/mol. The SMILES string of the molecule is CCN(CC)S(=O)(=O)c1cccc(C(=O)N[C@H](C(=O)NCc2ccc(F)cc2)C(C)C)c1.